The Morgan fingerprint density at radius 1 is 1.15 bits per heavy atom. The van der Waals surface area contributed by atoms with E-state index in [1.165, 1.54) is 6.07 Å². The summed E-state index contributed by atoms with van der Waals surface area (Å²) in [5.41, 5.74) is 8.59. The molecular weight excluding hydrogens is 253 g/mol. The fourth-order valence-corrected chi connectivity index (χ4v) is 2.21. The molecule has 0 heterocycles. The fraction of sp³-hybridized carbons (Fsp3) is 0.294. The first-order valence-corrected chi connectivity index (χ1v) is 6.92. The number of halogens is 1. The van der Waals surface area contributed by atoms with Gasteiger partial charge in [-0.05, 0) is 43.5 Å². The van der Waals surface area contributed by atoms with Gasteiger partial charge in [0.2, 0.25) is 0 Å². The maximum Gasteiger partial charge on any atom is 0.128 e. The minimum absolute atomic E-state index is 0.263. The van der Waals surface area contributed by atoms with Gasteiger partial charge in [-0.3, -0.25) is 0 Å². The minimum atomic E-state index is -0.454. The van der Waals surface area contributed by atoms with Gasteiger partial charge in [-0.2, -0.15) is 0 Å². The Labute approximate surface area is 118 Å². The van der Waals surface area contributed by atoms with E-state index < -0.39 is 6.04 Å². The van der Waals surface area contributed by atoms with Crippen LogP contribution in [0.4, 0.5) is 4.39 Å². The maximum absolute atomic E-state index is 13.9. The van der Waals surface area contributed by atoms with Crippen molar-refractivity contribution in [2.75, 3.05) is 0 Å². The van der Waals surface area contributed by atoms with Crippen LogP contribution in [0.3, 0.4) is 0 Å². The van der Waals surface area contributed by atoms with Crippen LogP contribution in [0.1, 0.15) is 35.6 Å². The lowest BCUT2D eigenvalue weighted by atomic mass is 9.97. The molecule has 1 saturated carbocycles. The molecule has 104 valence electrons. The molecule has 0 aliphatic heterocycles. The molecule has 2 nitrogen and oxygen atoms in total. The smallest absolute Gasteiger partial charge is 0.128 e. The van der Waals surface area contributed by atoms with E-state index >= 15 is 0 Å². The molecule has 0 amide bonds. The van der Waals surface area contributed by atoms with Gasteiger partial charge in [0.25, 0.3) is 0 Å². The second-order valence-corrected chi connectivity index (χ2v) is 5.39. The maximum atomic E-state index is 13.9. The summed E-state index contributed by atoms with van der Waals surface area (Å²) in [4.78, 5) is 0. The van der Waals surface area contributed by atoms with Crippen molar-refractivity contribution in [3.05, 3.63) is 65.0 Å². The molecule has 0 spiro atoms. The van der Waals surface area contributed by atoms with Crippen LogP contribution in [0.15, 0.2) is 42.5 Å². The highest BCUT2D eigenvalue weighted by molar-refractivity contribution is 5.37. The normalized spacial score (nSPS) is 15.9. The van der Waals surface area contributed by atoms with Gasteiger partial charge in [0.1, 0.15) is 11.6 Å². The highest BCUT2D eigenvalue weighted by Crippen LogP contribution is 2.29. The molecule has 2 N–H and O–H groups in total. The van der Waals surface area contributed by atoms with Gasteiger partial charge in [-0.15, -0.1) is 0 Å². The minimum Gasteiger partial charge on any atom is -0.490 e. The molecule has 3 rings (SSSR count). The van der Waals surface area contributed by atoms with Gasteiger partial charge in [-0.25, -0.2) is 4.39 Å². The lowest BCUT2D eigenvalue weighted by Gasteiger charge is -2.15. The first-order valence-electron chi connectivity index (χ1n) is 6.92. The summed E-state index contributed by atoms with van der Waals surface area (Å²) in [7, 11) is 0. The van der Waals surface area contributed by atoms with Crippen LogP contribution in [0.25, 0.3) is 0 Å². The third kappa shape index (κ3) is 2.83. The molecule has 2 aromatic carbocycles. The molecule has 1 fully saturated rings. The Balaban J connectivity index is 1.81. The lowest BCUT2D eigenvalue weighted by molar-refractivity contribution is 0.303. The van der Waals surface area contributed by atoms with Gasteiger partial charge in [0.15, 0.2) is 0 Å². The summed E-state index contributed by atoms with van der Waals surface area (Å²) >= 11 is 0. The molecule has 0 radical (unpaired) electrons. The molecule has 1 aliphatic rings. The summed E-state index contributed by atoms with van der Waals surface area (Å²) < 4.78 is 19.6. The van der Waals surface area contributed by atoms with Crippen LogP contribution in [0.5, 0.6) is 5.75 Å². The zero-order valence-electron chi connectivity index (χ0n) is 11.5. The average Bonchev–Trinajstić information content (AvgIpc) is 3.26. The van der Waals surface area contributed by atoms with E-state index in [9.17, 15) is 4.39 Å². The number of rotatable bonds is 4. The molecule has 1 atom stereocenters. The van der Waals surface area contributed by atoms with Gasteiger partial charge >= 0.3 is 0 Å². The van der Waals surface area contributed by atoms with E-state index in [0.29, 0.717) is 11.7 Å². The van der Waals surface area contributed by atoms with Crippen molar-refractivity contribution in [2.24, 2.45) is 5.73 Å². The van der Waals surface area contributed by atoms with Crippen molar-refractivity contribution in [1.82, 2.24) is 0 Å². The van der Waals surface area contributed by atoms with Crippen LogP contribution in [-0.2, 0) is 0 Å². The number of hydrogen-bond donors (Lipinski definition) is 1. The van der Waals surface area contributed by atoms with Gasteiger partial charge in [-0.1, -0.05) is 29.8 Å². The van der Waals surface area contributed by atoms with Crippen LogP contribution in [0.2, 0.25) is 0 Å². The molecule has 0 saturated heterocycles. The molecule has 0 aromatic heterocycles. The largest absolute Gasteiger partial charge is 0.490 e. The van der Waals surface area contributed by atoms with Crippen LogP contribution < -0.4 is 10.5 Å². The lowest BCUT2D eigenvalue weighted by Crippen LogP contribution is -2.13. The zero-order valence-corrected chi connectivity index (χ0v) is 11.5. The first-order chi connectivity index (χ1) is 9.63. The van der Waals surface area contributed by atoms with Crippen LogP contribution >= 0.6 is 0 Å². The van der Waals surface area contributed by atoms with Gasteiger partial charge in [0.05, 0.1) is 12.1 Å². The Morgan fingerprint density at radius 2 is 1.85 bits per heavy atom. The Morgan fingerprint density at radius 3 is 2.50 bits per heavy atom. The molecule has 1 unspecified atom stereocenters. The predicted molar refractivity (Wildman–Crippen MR) is 77.3 cm³/mol. The molecule has 3 heteroatoms. The summed E-state index contributed by atoms with van der Waals surface area (Å²) in [6.45, 7) is 1.93. The fourth-order valence-electron chi connectivity index (χ4n) is 2.21. The van der Waals surface area contributed by atoms with Crippen LogP contribution in [0, 0.1) is 12.7 Å². The number of ether oxygens (including phenoxy) is 1. The van der Waals surface area contributed by atoms with Crippen molar-refractivity contribution in [3.63, 3.8) is 0 Å². The molecular formula is C17H18FNO. The SMILES string of the molecule is Cc1ccc(F)c(C(N)c2ccc(OC3CC3)cc2)c1. The van der Waals surface area contributed by atoms with Crippen molar-refractivity contribution in [2.45, 2.75) is 31.9 Å². The van der Waals surface area contributed by atoms with E-state index in [4.69, 9.17) is 10.5 Å². The van der Waals surface area contributed by atoms with E-state index in [0.717, 1.165) is 29.7 Å². The van der Waals surface area contributed by atoms with E-state index in [1.54, 1.807) is 12.1 Å². The zero-order chi connectivity index (χ0) is 14.1. The second-order valence-electron chi connectivity index (χ2n) is 5.39. The summed E-state index contributed by atoms with van der Waals surface area (Å²) in [5, 5.41) is 0. The first kappa shape index (κ1) is 13.1. The Kier molecular flexibility index (Phi) is 3.45. The predicted octanol–water partition coefficient (Wildman–Crippen LogP) is 3.72. The number of nitrogens with two attached hydrogens (primary N) is 1. The molecule has 1 aliphatic carbocycles. The molecule has 20 heavy (non-hydrogen) atoms. The summed E-state index contributed by atoms with van der Waals surface area (Å²) in [6, 6.07) is 12.2. The quantitative estimate of drug-likeness (QED) is 0.919. The van der Waals surface area contributed by atoms with E-state index in [1.807, 2.05) is 31.2 Å². The summed E-state index contributed by atoms with van der Waals surface area (Å²) in [6.07, 6.45) is 2.65. The Bertz CT molecular complexity index is 605. The molecule has 2 aromatic rings. The van der Waals surface area contributed by atoms with E-state index in [2.05, 4.69) is 0 Å². The third-order valence-corrected chi connectivity index (χ3v) is 3.55. The second kappa shape index (κ2) is 5.25. The molecule has 0 bridgehead atoms. The highest BCUT2D eigenvalue weighted by atomic mass is 19.1. The topological polar surface area (TPSA) is 35.2 Å². The standard InChI is InChI=1S/C17H18FNO/c1-11-2-9-16(18)15(10-11)17(19)12-3-5-13(6-4-12)20-14-7-8-14/h2-6,9-10,14,17H,7-8,19H2,1H3. The van der Waals surface area contributed by atoms with Gasteiger partial charge < -0.3 is 10.5 Å². The van der Waals surface area contributed by atoms with Crippen molar-refractivity contribution >= 4 is 0 Å². The number of hydrogen-bond acceptors (Lipinski definition) is 2. The van der Waals surface area contributed by atoms with Crippen molar-refractivity contribution < 1.29 is 9.13 Å². The number of benzene rings is 2. The van der Waals surface area contributed by atoms with Crippen molar-refractivity contribution in [3.8, 4) is 5.75 Å². The van der Waals surface area contributed by atoms with Crippen LogP contribution in [-0.4, -0.2) is 6.10 Å². The average molecular weight is 271 g/mol. The third-order valence-electron chi connectivity index (χ3n) is 3.55. The van der Waals surface area contributed by atoms with Gasteiger partial charge in [0, 0.05) is 5.56 Å². The highest BCUT2D eigenvalue weighted by Gasteiger charge is 2.23. The monoisotopic (exact) mass is 271 g/mol. The Hall–Kier alpha value is -1.87. The van der Waals surface area contributed by atoms with E-state index in [-0.39, 0.29) is 5.82 Å². The number of aryl methyl sites for hydroxylation is 1. The summed E-state index contributed by atoms with van der Waals surface area (Å²) in [5.74, 6) is 0.592. The van der Waals surface area contributed by atoms with Crippen molar-refractivity contribution in [1.29, 1.82) is 0 Å².